The average molecular weight is 698 g/mol. The third kappa shape index (κ3) is 7.55. The van der Waals surface area contributed by atoms with Crippen molar-refractivity contribution in [2.75, 3.05) is 34.5 Å². The van der Waals surface area contributed by atoms with Gasteiger partial charge in [0.1, 0.15) is 28.1 Å². The first-order chi connectivity index (χ1) is 23.8. The number of esters is 1. The Balaban J connectivity index is 1.17. The molecule has 3 aromatic rings. The molecule has 0 radical (unpaired) electrons. The highest BCUT2D eigenvalue weighted by atomic mass is 32.2. The zero-order valence-corrected chi connectivity index (χ0v) is 28.9. The van der Waals surface area contributed by atoms with E-state index in [1.165, 1.54) is 9.91 Å². The second-order valence-corrected chi connectivity index (χ2v) is 13.3. The second kappa shape index (κ2) is 15.1. The normalized spacial score (nSPS) is 20.3. The largest absolute Gasteiger partial charge is 0.497 e. The van der Waals surface area contributed by atoms with Crippen molar-refractivity contribution < 1.29 is 33.3 Å². The number of allylic oxidation sites excluding steroid dienone is 1. The van der Waals surface area contributed by atoms with E-state index < -0.39 is 30.9 Å². The quantitative estimate of drug-likeness (QED) is 0.138. The van der Waals surface area contributed by atoms with Crippen molar-refractivity contribution in [3.63, 3.8) is 0 Å². The Morgan fingerprint density at radius 1 is 0.878 bits per heavy atom. The van der Waals surface area contributed by atoms with Crippen LogP contribution in [0, 0.1) is 5.92 Å². The van der Waals surface area contributed by atoms with E-state index in [0.717, 1.165) is 64.7 Å². The minimum Gasteiger partial charge on any atom is -0.497 e. The van der Waals surface area contributed by atoms with E-state index in [1.807, 2.05) is 60.7 Å². The summed E-state index contributed by atoms with van der Waals surface area (Å²) in [5.41, 5.74) is 4.60. The number of carbonyl (C=O) groups is 3. The zero-order valence-electron chi connectivity index (χ0n) is 27.3. The summed E-state index contributed by atoms with van der Waals surface area (Å²) in [7, 11) is 4.81. The molecule has 10 nitrogen and oxygen atoms in total. The summed E-state index contributed by atoms with van der Waals surface area (Å²) in [5.74, 6) is 0.506. The predicted octanol–water partition coefficient (Wildman–Crippen LogP) is 6.28. The fraction of sp³-hybridized carbons (Fsp3) is 0.270. The standard InChI is InChI=1S/C37H35N3O7S2/c1-44-27-13-7-23(8-14-27)19-26-5-4-6-30-34(26)38-40(35(30)25-11-17-29(46-3)18-12-25)32(41)22-47-33(42)21-39-36(43)31(49-37(39)48)20-24-9-15-28(45-2)16-10-24/h7-20,30,35H,4-6,21-22H2,1-3H3. The molecular weight excluding hydrogens is 663 g/mol. The molecule has 0 N–H and O–H groups in total. The lowest BCUT2D eigenvalue weighted by Crippen LogP contribution is -2.37. The highest BCUT2D eigenvalue weighted by molar-refractivity contribution is 8.26. The molecule has 49 heavy (non-hydrogen) atoms. The summed E-state index contributed by atoms with van der Waals surface area (Å²) in [5, 5.41) is 6.31. The number of rotatable bonds is 10. The Labute approximate surface area is 294 Å². The molecule has 252 valence electrons. The third-order valence-electron chi connectivity index (χ3n) is 8.60. The van der Waals surface area contributed by atoms with Gasteiger partial charge in [0.05, 0.1) is 38.0 Å². The lowest BCUT2D eigenvalue weighted by Gasteiger charge is -2.29. The molecule has 0 spiro atoms. The molecule has 1 saturated heterocycles. The van der Waals surface area contributed by atoms with E-state index >= 15 is 0 Å². The van der Waals surface area contributed by atoms with E-state index in [9.17, 15) is 14.4 Å². The van der Waals surface area contributed by atoms with Crippen molar-refractivity contribution in [3.05, 3.63) is 100.0 Å². The summed E-state index contributed by atoms with van der Waals surface area (Å²) >= 11 is 6.50. The Bertz CT molecular complexity index is 1840. The molecule has 2 aliphatic heterocycles. The molecule has 0 bridgehead atoms. The molecule has 3 aromatic carbocycles. The molecule has 2 amide bonds. The lowest BCUT2D eigenvalue weighted by atomic mass is 9.77. The van der Waals surface area contributed by atoms with Crippen LogP contribution in [0.15, 0.2) is 88.4 Å². The van der Waals surface area contributed by atoms with Crippen molar-refractivity contribution in [1.29, 1.82) is 0 Å². The summed E-state index contributed by atoms with van der Waals surface area (Å²) in [6, 6.07) is 22.2. The summed E-state index contributed by atoms with van der Waals surface area (Å²) in [6.45, 7) is -0.950. The Morgan fingerprint density at radius 2 is 1.45 bits per heavy atom. The van der Waals surface area contributed by atoms with Crippen LogP contribution in [0.1, 0.15) is 42.0 Å². The average Bonchev–Trinajstić information content (AvgIpc) is 3.65. The van der Waals surface area contributed by atoms with Gasteiger partial charge in [0.25, 0.3) is 11.8 Å². The molecule has 0 aromatic heterocycles. The molecule has 2 heterocycles. The number of fused-ring (bicyclic) bond motifs is 1. The maximum Gasteiger partial charge on any atom is 0.326 e. The Hall–Kier alpha value is -4.94. The number of thiocarbonyl (C=S) groups is 1. The van der Waals surface area contributed by atoms with Crippen LogP contribution in [-0.2, 0) is 19.1 Å². The summed E-state index contributed by atoms with van der Waals surface area (Å²) in [6.07, 6.45) is 6.42. The van der Waals surface area contributed by atoms with Gasteiger partial charge in [0, 0.05) is 5.92 Å². The van der Waals surface area contributed by atoms with Gasteiger partial charge >= 0.3 is 5.97 Å². The third-order valence-corrected chi connectivity index (χ3v) is 9.98. The summed E-state index contributed by atoms with van der Waals surface area (Å²) < 4.78 is 21.5. The number of amides is 2. The number of benzene rings is 3. The van der Waals surface area contributed by atoms with Gasteiger partial charge in [-0.2, -0.15) is 5.10 Å². The van der Waals surface area contributed by atoms with Crippen LogP contribution in [0.2, 0.25) is 0 Å². The molecule has 12 heteroatoms. The predicted molar refractivity (Wildman–Crippen MR) is 192 cm³/mol. The van der Waals surface area contributed by atoms with E-state index in [2.05, 4.69) is 6.08 Å². The van der Waals surface area contributed by atoms with Gasteiger partial charge in [0.2, 0.25) is 0 Å². The van der Waals surface area contributed by atoms with Gasteiger partial charge in [0.15, 0.2) is 6.61 Å². The Morgan fingerprint density at radius 3 is 2.04 bits per heavy atom. The fourth-order valence-electron chi connectivity index (χ4n) is 6.11. The van der Waals surface area contributed by atoms with Gasteiger partial charge in [-0.05, 0) is 90.1 Å². The zero-order chi connectivity index (χ0) is 34.5. The molecule has 2 unspecified atom stereocenters. The number of hydrazone groups is 1. The Kier molecular flexibility index (Phi) is 10.4. The molecule has 2 fully saturated rings. The van der Waals surface area contributed by atoms with Crippen LogP contribution >= 0.6 is 24.0 Å². The van der Waals surface area contributed by atoms with Crippen LogP contribution in [0.4, 0.5) is 0 Å². The molecule has 2 atom stereocenters. The van der Waals surface area contributed by atoms with Crippen molar-refractivity contribution in [1.82, 2.24) is 9.91 Å². The van der Waals surface area contributed by atoms with Gasteiger partial charge in [-0.3, -0.25) is 19.3 Å². The van der Waals surface area contributed by atoms with Gasteiger partial charge in [-0.1, -0.05) is 60.4 Å². The minimum absolute atomic E-state index is 0.0428. The van der Waals surface area contributed by atoms with Crippen LogP contribution in [-0.4, -0.2) is 72.2 Å². The first kappa shape index (κ1) is 33.9. The van der Waals surface area contributed by atoms with Gasteiger partial charge in [-0.25, -0.2) is 5.01 Å². The molecule has 6 rings (SSSR count). The van der Waals surface area contributed by atoms with Crippen molar-refractivity contribution >= 4 is 63.9 Å². The molecular formula is C37H35N3O7S2. The first-order valence-electron chi connectivity index (χ1n) is 15.7. The van der Waals surface area contributed by atoms with Crippen molar-refractivity contribution in [2.24, 2.45) is 11.0 Å². The topological polar surface area (TPSA) is 107 Å². The SMILES string of the molecule is COc1ccc(C=C2CCCC3C2=NN(C(=O)COC(=O)CN2C(=O)C(=Cc4ccc(OC)cc4)SC2=S)C3c2ccc(OC)cc2)cc1. The van der Waals surface area contributed by atoms with Gasteiger partial charge < -0.3 is 18.9 Å². The monoisotopic (exact) mass is 697 g/mol. The van der Waals surface area contributed by atoms with Crippen molar-refractivity contribution in [3.8, 4) is 17.2 Å². The van der Waals surface area contributed by atoms with Crippen LogP contribution in [0.25, 0.3) is 12.2 Å². The smallest absolute Gasteiger partial charge is 0.326 e. The highest BCUT2D eigenvalue weighted by Gasteiger charge is 2.44. The molecule has 3 aliphatic rings. The maximum atomic E-state index is 13.8. The number of ether oxygens (including phenoxy) is 4. The number of nitrogens with zero attached hydrogens (tertiary/aromatic N) is 3. The number of hydrogen-bond donors (Lipinski definition) is 0. The molecule has 1 saturated carbocycles. The van der Waals surface area contributed by atoms with E-state index in [-0.39, 0.29) is 16.3 Å². The van der Waals surface area contributed by atoms with Crippen LogP contribution in [0.5, 0.6) is 17.2 Å². The van der Waals surface area contributed by atoms with E-state index in [1.54, 1.807) is 39.5 Å². The number of thioether (sulfide) groups is 1. The van der Waals surface area contributed by atoms with Crippen LogP contribution < -0.4 is 14.2 Å². The number of carbonyl (C=O) groups excluding carboxylic acids is 3. The lowest BCUT2D eigenvalue weighted by molar-refractivity contribution is -0.154. The second-order valence-electron chi connectivity index (χ2n) is 11.6. The van der Waals surface area contributed by atoms with Crippen molar-refractivity contribution in [2.45, 2.75) is 25.3 Å². The van der Waals surface area contributed by atoms with Crippen LogP contribution in [0.3, 0.4) is 0 Å². The summed E-state index contributed by atoms with van der Waals surface area (Å²) in [4.78, 5) is 41.4. The first-order valence-corrected chi connectivity index (χ1v) is 16.9. The van der Waals surface area contributed by atoms with Gasteiger partial charge in [-0.15, -0.1) is 0 Å². The van der Waals surface area contributed by atoms with E-state index in [4.69, 9.17) is 36.3 Å². The fourth-order valence-corrected chi connectivity index (χ4v) is 7.37. The number of hydrogen-bond acceptors (Lipinski definition) is 10. The number of methoxy groups -OCH3 is 3. The van der Waals surface area contributed by atoms with E-state index in [0.29, 0.717) is 16.4 Å². The molecule has 1 aliphatic carbocycles. The maximum absolute atomic E-state index is 13.8. The minimum atomic E-state index is -0.749. The highest BCUT2D eigenvalue weighted by Crippen LogP contribution is 2.45.